The van der Waals surface area contributed by atoms with Crippen LogP contribution in [0.5, 0.6) is 0 Å². The second-order valence-corrected chi connectivity index (χ2v) is 9.61. The van der Waals surface area contributed by atoms with E-state index in [1.165, 1.54) is 7.11 Å². The zero-order valence-corrected chi connectivity index (χ0v) is 22.5. The Morgan fingerprint density at radius 3 is 2.35 bits per heavy atom. The Bertz CT molecular complexity index is 1590. The second kappa shape index (κ2) is 12.3. The van der Waals surface area contributed by atoms with E-state index in [0.29, 0.717) is 34.8 Å². The number of methoxy groups -OCH3 is 1. The lowest BCUT2D eigenvalue weighted by molar-refractivity contribution is -0.192. The molecule has 1 atom stereocenters. The van der Waals surface area contributed by atoms with Gasteiger partial charge in [-0.05, 0) is 43.5 Å². The molecule has 0 aliphatic rings. The molecule has 0 fully saturated rings. The number of para-hydroxylation sites is 1. The molecule has 3 N–H and O–H groups in total. The summed E-state index contributed by atoms with van der Waals surface area (Å²) in [5.41, 5.74) is 10.0. The van der Waals surface area contributed by atoms with Gasteiger partial charge in [0, 0.05) is 41.8 Å². The highest BCUT2D eigenvalue weighted by Crippen LogP contribution is 2.29. The maximum atomic E-state index is 13.8. The minimum atomic E-state index is -5.08. The first-order chi connectivity index (χ1) is 18.8. The van der Waals surface area contributed by atoms with Crippen molar-refractivity contribution in [2.75, 3.05) is 7.11 Å². The van der Waals surface area contributed by atoms with Gasteiger partial charge in [0.25, 0.3) is 5.56 Å². The van der Waals surface area contributed by atoms with Crippen LogP contribution in [0.1, 0.15) is 37.6 Å². The van der Waals surface area contributed by atoms with Gasteiger partial charge >= 0.3 is 18.1 Å². The first-order valence-electron chi connectivity index (χ1n) is 12.5. The Kier molecular flexibility index (Phi) is 9.36. The van der Waals surface area contributed by atoms with Crippen molar-refractivity contribution in [1.29, 1.82) is 0 Å². The summed E-state index contributed by atoms with van der Waals surface area (Å²) in [6.07, 6.45) is -2.32. The number of aromatic nitrogens is 3. The SMILES string of the molecule is CCn1cc(-c2nc3ccc(C(=O)OC)cc3n(CC(N)CC(C)C)c2=O)c2ccccc21.O=C(O)C(F)(F)F. The average Bonchev–Trinajstić information content (AvgIpc) is 3.27. The van der Waals surface area contributed by atoms with Crippen LogP contribution in [0, 0.1) is 5.92 Å². The topological polar surface area (TPSA) is 129 Å². The molecular formula is C28H31F3N4O5. The van der Waals surface area contributed by atoms with Gasteiger partial charge < -0.3 is 24.7 Å². The van der Waals surface area contributed by atoms with Crippen LogP contribution in [0.3, 0.4) is 0 Å². The summed E-state index contributed by atoms with van der Waals surface area (Å²) in [6.45, 7) is 7.40. The number of carboxylic acid groups (broad SMARTS) is 1. The van der Waals surface area contributed by atoms with Gasteiger partial charge in [-0.15, -0.1) is 0 Å². The van der Waals surface area contributed by atoms with Crippen LogP contribution in [-0.4, -0.2) is 50.5 Å². The van der Waals surface area contributed by atoms with E-state index in [1.54, 1.807) is 22.8 Å². The van der Waals surface area contributed by atoms with E-state index in [4.69, 9.17) is 25.4 Å². The number of fused-ring (bicyclic) bond motifs is 2. The molecule has 2 aromatic carbocycles. The zero-order valence-electron chi connectivity index (χ0n) is 22.5. The number of rotatable bonds is 7. The number of hydrogen-bond donors (Lipinski definition) is 2. The highest BCUT2D eigenvalue weighted by molar-refractivity contribution is 5.97. The van der Waals surface area contributed by atoms with Crippen LogP contribution in [0.15, 0.2) is 53.5 Å². The van der Waals surface area contributed by atoms with Gasteiger partial charge in [0.15, 0.2) is 0 Å². The number of nitrogens with zero attached hydrogens (tertiary/aromatic N) is 3. The van der Waals surface area contributed by atoms with Gasteiger partial charge in [-0.25, -0.2) is 14.6 Å². The molecule has 12 heteroatoms. The lowest BCUT2D eigenvalue weighted by Crippen LogP contribution is -2.34. The van der Waals surface area contributed by atoms with Crippen LogP contribution >= 0.6 is 0 Å². The lowest BCUT2D eigenvalue weighted by atomic mass is 10.0. The molecular weight excluding hydrogens is 529 g/mol. The first-order valence-corrected chi connectivity index (χ1v) is 12.5. The summed E-state index contributed by atoms with van der Waals surface area (Å²) < 4.78 is 40.4. The summed E-state index contributed by atoms with van der Waals surface area (Å²) in [5, 5.41) is 8.10. The molecule has 0 aliphatic carbocycles. The van der Waals surface area contributed by atoms with E-state index in [1.807, 2.05) is 30.5 Å². The van der Waals surface area contributed by atoms with Crippen molar-refractivity contribution < 1.29 is 32.6 Å². The average molecular weight is 561 g/mol. The number of carbonyl (C=O) groups is 2. The number of ether oxygens (including phenoxy) is 1. The number of aliphatic carboxylic acids is 1. The van der Waals surface area contributed by atoms with Gasteiger partial charge in [-0.3, -0.25) is 4.79 Å². The quantitative estimate of drug-likeness (QED) is 0.310. The lowest BCUT2D eigenvalue weighted by Gasteiger charge is -2.18. The normalized spacial score (nSPS) is 12.3. The highest BCUT2D eigenvalue weighted by Gasteiger charge is 2.38. The fraction of sp³-hybridized carbons (Fsp3) is 0.357. The van der Waals surface area contributed by atoms with Crippen molar-refractivity contribution >= 4 is 33.9 Å². The predicted octanol–water partition coefficient (Wildman–Crippen LogP) is 4.83. The number of benzene rings is 2. The van der Waals surface area contributed by atoms with Crippen molar-refractivity contribution in [2.45, 2.75) is 52.5 Å². The summed E-state index contributed by atoms with van der Waals surface area (Å²) in [4.78, 5) is 39.6. The monoisotopic (exact) mass is 560 g/mol. The molecule has 0 saturated heterocycles. The molecule has 0 amide bonds. The van der Waals surface area contributed by atoms with Crippen LogP contribution in [-0.2, 0) is 22.6 Å². The largest absolute Gasteiger partial charge is 0.490 e. The van der Waals surface area contributed by atoms with E-state index in [9.17, 15) is 22.8 Å². The second-order valence-electron chi connectivity index (χ2n) is 9.61. The molecule has 0 aliphatic heterocycles. The van der Waals surface area contributed by atoms with Crippen LogP contribution in [0.4, 0.5) is 13.2 Å². The fourth-order valence-corrected chi connectivity index (χ4v) is 4.45. The fourth-order valence-electron chi connectivity index (χ4n) is 4.45. The maximum Gasteiger partial charge on any atom is 0.490 e. The molecule has 0 bridgehead atoms. The molecule has 9 nitrogen and oxygen atoms in total. The molecule has 40 heavy (non-hydrogen) atoms. The van der Waals surface area contributed by atoms with E-state index in [0.717, 1.165) is 29.4 Å². The molecule has 4 aromatic rings. The number of alkyl halides is 3. The Balaban J connectivity index is 0.000000559. The third-order valence-corrected chi connectivity index (χ3v) is 6.19. The van der Waals surface area contributed by atoms with Crippen molar-refractivity contribution in [3.05, 3.63) is 64.6 Å². The van der Waals surface area contributed by atoms with Crippen molar-refractivity contribution in [2.24, 2.45) is 11.7 Å². The third kappa shape index (κ3) is 6.68. The molecule has 214 valence electrons. The molecule has 0 spiro atoms. The number of halogens is 3. The Hall–Kier alpha value is -4.19. The number of carboxylic acids is 1. The molecule has 0 radical (unpaired) electrons. The van der Waals surface area contributed by atoms with Crippen LogP contribution in [0.25, 0.3) is 33.2 Å². The van der Waals surface area contributed by atoms with E-state index >= 15 is 0 Å². The Morgan fingerprint density at radius 2 is 1.77 bits per heavy atom. The third-order valence-electron chi connectivity index (χ3n) is 6.19. The number of hydrogen-bond acceptors (Lipinski definition) is 6. The standard InChI is InChI=1S/C26H30N4O3.C2HF3O2/c1-5-29-15-20(19-8-6-7-9-22(19)29)24-25(31)30(14-18(27)12-16(2)3)23-13-17(26(32)33-4)10-11-21(23)28-24;3-2(4,5)1(6)7/h6-11,13,15-16,18H,5,12,14,27H2,1-4H3;(H,6,7). The number of aryl methyl sites for hydroxylation is 1. The maximum absolute atomic E-state index is 13.8. The minimum Gasteiger partial charge on any atom is -0.475 e. The van der Waals surface area contributed by atoms with Crippen molar-refractivity contribution in [3.8, 4) is 11.3 Å². The first kappa shape index (κ1) is 30.4. The smallest absolute Gasteiger partial charge is 0.475 e. The van der Waals surface area contributed by atoms with Gasteiger partial charge in [0.2, 0.25) is 0 Å². The summed E-state index contributed by atoms with van der Waals surface area (Å²) >= 11 is 0. The number of carbonyl (C=O) groups excluding carboxylic acids is 1. The van der Waals surface area contributed by atoms with E-state index in [-0.39, 0.29) is 11.6 Å². The zero-order chi connectivity index (χ0) is 29.8. The molecule has 2 heterocycles. The Morgan fingerprint density at radius 1 is 1.12 bits per heavy atom. The van der Waals surface area contributed by atoms with Gasteiger partial charge in [-0.1, -0.05) is 32.0 Å². The van der Waals surface area contributed by atoms with E-state index in [2.05, 4.69) is 25.3 Å². The Labute approximate surface area is 228 Å². The molecule has 1 unspecified atom stereocenters. The van der Waals surface area contributed by atoms with Crippen molar-refractivity contribution in [1.82, 2.24) is 14.1 Å². The number of nitrogens with two attached hydrogens (primary N) is 1. The van der Waals surface area contributed by atoms with Crippen LogP contribution in [0.2, 0.25) is 0 Å². The number of esters is 1. The highest BCUT2D eigenvalue weighted by atomic mass is 19.4. The predicted molar refractivity (Wildman–Crippen MR) is 145 cm³/mol. The molecule has 0 saturated carbocycles. The summed E-state index contributed by atoms with van der Waals surface area (Å²) in [5.74, 6) is -2.82. The van der Waals surface area contributed by atoms with Crippen LogP contribution < -0.4 is 11.3 Å². The van der Waals surface area contributed by atoms with Gasteiger partial charge in [0.1, 0.15) is 5.69 Å². The van der Waals surface area contributed by atoms with Crippen molar-refractivity contribution in [3.63, 3.8) is 0 Å². The van der Waals surface area contributed by atoms with Gasteiger partial charge in [-0.2, -0.15) is 13.2 Å². The van der Waals surface area contributed by atoms with Gasteiger partial charge in [0.05, 0.1) is 23.7 Å². The summed E-state index contributed by atoms with van der Waals surface area (Å²) in [6, 6.07) is 12.9. The summed E-state index contributed by atoms with van der Waals surface area (Å²) in [7, 11) is 1.34. The molecule has 4 rings (SSSR count). The molecule has 2 aromatic heterocycles. The minimum absolute atomic E-state index is 0.208. The van der Waals surface area contributed by atoms with E-state index < -0.39 is 18.1 Å².